The summed E-state index contributed by atoms with van der Waals surface area (Å²) in [4.78, 5) is 1.76. The molecule has 0 atom stereocenters. The van der Waals surface area contributed by atoms with Crippen LogP contribution in [0, 0.1) is 6.92 Å². The van der Waals surface area contributed by atoms with Crippen molar-refractivity contribution < 1.29 is 4.52 Å². The minimum absolute atomic E-state index is 0.633. The number of hydrogen-bond donors (Lipinski definition) is 1. The molecule has 0 saturated heterocycles. The second-order valence-electron chi connectivity index (χ2n) is 2.86. The first-order chi connectivity index (χ1) is 6.18. The molecule has 0 saturated carbocycles. The number of hydrazone groups is 1. The van der Waals surface area contributed by atoms with E-state index in [0.717, 1.165) is 11.5 Å². The van der Waals surface area contributed by atoms with Gasteiger partial charge in [0.25, 0.3) is 0 Å². The SMILES string of the molecule is C=C1NN=C(C)N1c1cc(C)no1. The predicted octanol–water partition coefficient (Wildman–Crippen LogP) is 1.20. The van der Waals surface area contributed by atoms with Gasteiger partial charge in [0, 0.05) is 6.07 Å². The van der Waals surface area contributed by atoms with Crippen molar-refractivity contribution in [3.63, 3.8) is 0 Å². The Morgan fingerprint density at radius 1 is 1.54 bits per heavy atom. The Bertz CT molecular complexity index is 379. The third kappa shape index (κ3) is 1.18. The molecule has 0 unspecified atom stereocenters. The highest BCUT2D eigenvalue weighted by molar-refractivity contribution is 5.99. The van der Waals surface area contributed by atoms with Gasteiger partial charge in [-0.25, -0.2) is 4.90 Å². The summed E-state index contributed by atoms with van der Waals surface area (Å²) in [6.07, 6.45) is 0. The molecule has 0 bridgehead atoms. The van der Waals surface area contributed by atoms with Crippen LogP contribution in [-0.2, 0) is 0 Å². The molecule has 68 valence electrons. The van der Waals surface area contributed by atoms with Crippen LogP contribution in [0.4, 0.5) is 5.88 Å². The quantitative estimate of drug-likeness (QED) is 0.702. The minimum atomic E-state index is 0.633. The third-order valence-corrected chi connectivity index (χ3v) is 1.78. The zero-order chi connectivity index (χ0) is 9.42. The van der Waals surface area contributed by atoms with Gasteiger partial charge in [-0.15, -0.1) is 0 Å². The molecule has 13 heavy (non-hydrogen) atoms. The van der Waals surface area contributed by atoms with Gasteiger partial charge in [-0.3, -0.25) is 5.43 Å². The largest absolute Gasteiger partial charge is 0.338 e. The van der Waals surface area contributed by atoms with E-state index in [1.165, 1.54) is 0 Å². The Morgan fingerprint density at radius 2 is 2.31 bits per heavy atom. The molecule has 5 heteroatoms. The van der Waals surface area contributed by atoms with Crippen molar-refractivity contribution in [2.75, 3.05) is 4.90 Å². The highest BCUT2D eigenvalue weighted by atomic mass is 16.5. The standard InChI is InChI=1S/C8H10N4O/c1-5-4-8(13-11-5)12-6(2)9-10-7(12)3/h4,9H,2H2,1,3H3. The minimum Gasteiger partial charge on any atom is -0.338 e. The fraction of sp³-hybridized carbons (Fsp3) is 0.250. The van der Waals surface area contributed by atoms with Gasteiger partial charge in [-0.1, -0.05) is 11.7 Å². The molecule has 5 nitrogen and oxygen atoms in total. The van der Waals surface area contributed by atoms with Gasteiger partial charge in [0.2, 0.25) is 5.88 Å². The first-order valence-corrected chi connectivity index (χ1v) is 3.91. The molecule has 0 fully saturated rings. The summed E-state index contributed by atoms with van der Waals surface area (Å²) in [5, 5.41) is 7.78. The Hall–Kier alpha value is -1.78. The maximum absolute atomic E-state index is 5.08. The molecular weight excluding hydrogens is 168 g/mol. The van der Waals surface area contributed by atoms with Crippen LogP contribution in [0.1, 0.15) is 12.6 Å². The van der Waals surface area contributed by atoms with Crippen LogP contribution in [0.5, 0.6) is 0 Å². The van der Waals surface area contributed by atoms with E-state index in [4.69, 9.17) is 4.52 Å². The number of anilines is 1. The third-order valence-electron chi connectivity index (χ3n) is 1.78. The molecule has 0 aliphatic carbocycles. The van der Waals surface area contributed by atoms with Crippen molar-refractivity contribution in [3.8, 4) is 0 Å². The lowest BCUT2D eigenvalue weighted by atomic mass is 10.4. The number of amidine groups is 1. The molecule has 0 amide bonds. The Labute approximate surface area is 75.7 Å². The van der Waals surface area contributed by atoms with Gasteiger partial charge in [-0.05, 0) is 13.8 Å². The molecule has 1 aliphatic rings. The highest BCUT2D eigenvalue weighted by Gasteiger charge is 2.22. The summed E-state index contributed by atoms with van der Waals surface area (Å²) >= 11 is 0. The van der Waals surface area contributed by atoms with Crippen molar-refractivity contribution >= 4 is 11.7 Å². The van der Waals surface area contributed by atoms with Crippen LogP contribution >= 0.6 is 0 Å². The van der Waals surface area contributed by atoms with Crippen LogP contribution in [-0.4, -0.2) is 11.0 Å². The molecule has 0 spiro atoms. The first-order valence-electron chi connectivity index (χ1n) is 3.91. The summed E-state index contributed by atoms with van der Waals surface area (Å²) in [7, 11) is 0. The molecule has 1 N–H and O–H groups in total. The molecule has 0 aromatic carbocycles. The van der Waals surface area contributed by atoms with E-state index >= 15 is 0 Å². The van der Waals surface area contributed by atoms with Crippen molar-refractivity contribution in [1.82, 2.24) is 10.6 Å². The number of hydrogen-bond acceptors (Lipinski definition) is 5. The zero-order valence-corrected chi connectivity index (χ0v) is 7.53. The molecule has 0 radical (unpaired) electrons. The maximum Gasteiger partial charge on any atom is 0.238 e. The Morgan fingerprint density at radius 3 is 2.77 bits per heavy atom. The molecule has 2 rings (SSSR count). The van der Waals surface area contributed by atoms with Crippen molar-refractivity contribution in [2.45, 2.75) is 13.8 Å². The predicted molar refractivity (Wildman–Crippen MR) is 49.1 cm³/mol. The fourth-order valence-corrected chi connectivity index (χ4v) is 1.19. The molecule has 1 aromatic rings. The summed E-state index contributed by atoms with van der Waals surface area (Å²) < 4.78 is 5.08. The zero-order valence-electron chi connectivity index (χ0n) is 7.53. The number of aromatic nitrogens is 1. The lowest BCUT2D eigenvalue weighted by molar-refractivity contribution is 0.423. The van der Waals surface area contributed by atoms with Crippen LogP contribution in [0.15, 0.2) is 28.1 Å². The Balaban J connectivity index is 2.35. The molecule has 2 heterocycles. The summed E-state index contributed by atoms with van der Waals surface area (Å²) in [6.45, 7) is 7.52. The molecular formula is C8H10N4O. The Kier molecular flexibility index (Phi) is 1.58. The topological polar surface area (TPSA) is 53.7 Å². The van der Waals surface area contributed by atoms with E-state index in [9.17, 15) is 0 Å². The fourth-order valence-electron chi connectivity index (χ4n) is 1.19. The van der Waals surface area contributed by atoms with E-state index in [0.29, 0.717) is 11.7 Å². The van der Waals surface area contributed by atoms with Gasteiger partial charge in [0.1, 0.15) is 11.7 Å². The van der Waals surface area contributed by atoms with Crippen LogP contribution in [0.2, 0.25) is 0 Å². The van der Waals surface area contributed by atoms with E-state index in [2.05, 4.69) is 22.3 Å². The van der Waals surface area contributed by atoms with Crippen LogP contribution in [0.25, 0.3) is 0 Å². The molecule has 1 aliphatic heterocycles. The normalized spacial score (nSPS) is 16.0. The summed E-state index contributed by atoms with van der Waals surface area (Å²) in [6, 6.07) is 1.83. The number of aryl methyl sites for hydroxylation is 1. The first kappa shape index (κ1) is 7.85. The van der Waals surface area contributed by atoms with Gasteiger partial charge in [0.15, 0.2) is 0 Å². The lowest BCUT2D eigenvalue weighted by Gasteiger charge is -2.12. The smallest absolute Gasteiger partial charge is 0.238 e. The second-order valence-corrected chi connectivity index (χ2v) is 2.86. The van der Waals surface area contributed by atoms with Gasteiger partial charge in [0.05, 0.1) is 5.69 Å². The lowest BCUT2D eigenvalue weighted by Crippen LogP contribution is -2.23. The monoisotopic (exact) mass is 178 g/mol. The van der Waals surface area contributed by atoms with Crippen molar-refractivity contribution in [1.29, 1.82) is 0 Å². The van der Waals surface area contributed by atoms with Crippen LogP contribution in [0.3, 0.4) is 0 Å². The van der Waals surface area contributed by atoms with Gasteiger partial charge < -0.3 is 4.52 Å². The van der Waals surface area contributed by atoms with E-state index in [1.54, 1.807) is 4.90 Å². The average molecular weight is 178 g/mol. The number of nitrogens with one attached hydrogen (secondary N) is 1. The number of rotatable bonds is 1. The average Bonchev–Trinajstić information content (AvgIpc) is 2.60. The van der Waals surface area contributed by atoms with Crippen molar-refractivity contribution in [2.24, 2.45) is 5.10 Å². The molecule has 1 aromatic heterocycles. The van der Waals surface area contributed by atoms with Crippen molar-refractivity contribution in [3.05, 3.63) is 24.2 Å². The highest BCUT2D eigenvalue weighted by Crippen LogP contribution is 2.21. The summed E-state index contributed by atoms with van der Waals surface area (Å²) in [5.41, 5.74) is 3.59. The van der Waals surface area contributed by atoms with E-state index < -0.39 is 0 Å². The van der Waals surface area contributed by atoms with E-state index in [-0.39, 0.29) is 0 Å². The second kappa shape index (κ2) is 2.62. The van der Waals surface area contributed by atoms with Gasteiger partial charge in [-0.2, -0.15) is 5.10 Å². The van der Waals surface area contributed by atoms with Crippen LogP contribution < -0.4 is 10.3 Å². The van der Waals surface area contributed by atoms with Gasteiger partial charge >= 0.3 is 0 Å². The maximum atomic E-state index is 5.08. The summed E-state index contributed by atoms with van der Waals surface area (Å²) in [5.74, 6) is 2.10. The van der Waals surface area contributed by atoms with E-state index in [1.807, 2.05) is 19.9 Å². The number of nitrogens with zero attached hydrogens (tertiary/aromatic N) is 3.